The van der Waals surface area contributed by atoms with E-state index in [-0.39, 0.29) is 22.3 Å². The smallest absolute Gasteiger partial charge is 0.192 e. The van der Waals surface area contributed by atoms with Crippen LogP contribution in [0.4, 0.5) is 0 Å². The van der Waals surface area contributed by atoms with Gasteiger partial charge >= 0.3 is 0 Å². The standard InChI is InChI=1S/C44H74N2O3Si2/c1-31(18-16-22-40(47)41-45-38-20-14-15-21-39(38)46(41)9)36-25-26-37-33(19-17-27-44(36,37)8)24-23-32-28-34(48-50(10,11)42(2,3)4)30-35(29-32)49-51(12,13)43(5,6)7/h14-15,20-21,23-24,31,34-37,40,47H,16-19,22,25-30H2,1-13H3/b32-23?,33-24+/t31-,34?,35?,36-,37+,40?,44-/m1/s1. The van der Waals surface area contributed by atoms with Crippen LogP contribution in [0.2, 0.25) is 36.3 Å². The zero-order valence-electron chi connectivity index (χ0n) is 34.9. The molecule has 7 heteroatoms. The molecule has 51 heavy (non-hydrogen) atoms. The molecule has 5 rings (SSSR count). The molecule has 0 radical (unpaired) electrons. The number of aromatic nitrogens is 2. The first kappa shape index (κ1) is 40.7. The second-order valence-electron chi connectivity index (χ2n) is 20.2. The number of benzene rings is 1. The zero-order valence-corrected chi connectivity index (χ0v) is 36.9. The Kier molecular flexibility index (Phi) is 12.2. The lowest BCUT2D eigenvalue weighted by Gasteiger charge is -2.45. The fraction of sp³-hybridized carbons (Fsp3) is 0.750. The van der Waals surface area contributed by atoms with E-state index in [0.717, 1.165) is 54.9 Å². The molecule has 3 aliphatic carbocycles. The molecule has 286 valence electrons. The first-order valence-corrected chi connectivity index (χ1v) is 26.3. The normalized spacial score (nSPS) is 28.7. The maximum Gasteiger partial charge on any atom is 0.192 e. The molecule has 7 atom stereocenters. The molecule has 1 heterocycles. The summed E-state index contributed by atoms with van der Waals surface area (Å²) in [5.74, 6) is 2.88. The lowest BCUT2D eigenvalue weighted by atomic mass is 9.60. The number of aliphatic hydroxyl groups is 1. The number of aryl methyl sites for hydroxylation is 1. The van der Waals surface area contributed by atoms with E-state index in [1.165, 1.54) is 44.1 Å². The first-order valence-electron chi connectivity index (χ1n) is 20.5. The van der Waals surface area contributed by atoms with Gasteiger partial charge in [0, 0.05) is 7.05 Å². The van der Waals surface area contributed by atoms with Crippen molar-refractivity contribution in [2.75, 3.05) is 0 Å². The van der Waals surface area contributed by atoms with Crippen LogP contribution in [0.1, 0.15) is 138 Å². The fourth-order valence-electron chi connectivity index (χ4n) is 9.50. The van der Waals surface area contributed by atoms with E-state index in [1.54, 1.807) is 5.57 Å². The number of hydrogen-bond donors (Lipinski definition) is 1. The summed E-state index contributed by atoms with van der Waals surface area (Å²) in [6, 6.07) is 8.17. The van der Waals surface area contributed by atoms with Gasteiger partial charge in [-0.1, -0.05) is 104 Å². The summed E-state index contributed by atoms with van der Waals surface area (Å²) >= 11 is 0. The Hall–Kier alpha value is -1.52. The summed E-state index contributed by atoms with van der Waals surface area (Å²) < 4.78 is 16.3. The predicted octanol–water partition coefficient (Wildman–Crippen LogP) is 12.4. The molecule has 5 nitrogen and oxygen atoms in total. The number of rotatable bonds is 11. The number of allylic oxidation sites excluding steroid dienone is 3. The Bertz CT molecular complexity index is 1520. The summed E-state index contributed by atoms with van der Waals surface area (Å²) in [6.07, 6.45) is 17.6. The number of para-hydroxylation sites is 2. The van der Waals surface area contributed by atoms with Gasteiger partial charge in [-0.15, -0.1) is 0 Å². The summed E-state index contributed by atoms with van der Waals surface area (Å²) in [6.45, 7) is 28.9. The van der Waals surface area contributed by atoms with Crippen LogP contribution < -0.4 is 0 Å². The number of fused-ring (bicyclic) bond motifs is 2. The van der Waals surface area contributed by atoms with Crippen LogP contribution in [0.3, 0.4) is 0 Å². The first-order chi connectivity index (χ1) is 23.6. The molecule has 0 aliphatic heterocycles. The summed E-state index contributed by atoms with van der Waals surface area (Å²) in [7, 11) is -1.77. The van der Waals surface area contributed by atoms with E-state index < -0.39 is 22.7 Å². The van der Waals surface area contributed by atoms with Crippen molar-refractivity contribution in [1.29, 1.82) is 0 Å². The van der Waals surface area contributed by atoms with Crippen molar-refractivity contribution in [3.05, 3.63) is 53.4 Å². The minimum absolute atomic E-state index is 0.197. The van der Waals surface area contributed by atoms with Crippen molar-refractivity contribution in [1.82, 2.24) is 9.55 Å². The highest BCUT2D eigenvalue weighted by molar-refractivity contribution is 6.74. The Morgan fingerprint density at radius 3 is 2.14 bits per heavy atom. The van der Waals surface area contributed by atoms with Gasteiger partial charge in [-0.2, -0.15) is 0 Å². The van der Waals surface area contributed by atoms with Gasteiger partial charge in [0.2, 0.25) is 0 Å². The molecule has 2 aromatic rings. The largest absolute Gasteiger partial charge is 0.414 e. The molecular weight excluding hydrogens is 661 g/mol. The zero-order chi connectivity index (χ0) is 37.6. The molecule has 0 bridgehead atoms. The van der Waals surface area contributed by atoms with Gasteiger partial charge < -0.3 is 18.5 Å². The van der Waals surface area contributed by atoms with E-state index in [4.69, 9.17) is 13.8 Å². The monoisotopic (exact) mass is 735 g/mol. The van der Waals surface area contributed by atoms with Crippen LogP contribution in [0.5, 0.6) is 0 Å². The van der Waals surface area contributed by atoms with E-state index in [0.29, 0.717) is 17.3 Å². The van der Waals surface area contributed by atoms with Gasteiger partial charge in [-0.05, 0) is 129 Å². The van der Waals surface area contributed by atoms with Crippen LogP contribution in [0.25, 0.3) is 11.0 Å². The van der Waals surface area contributed by atoms with Crippen LogP contribution in [-0.4, -0.2) is 43.5 Å². The second-order valence-corrected chi connectivity index (χ2v) is 29.8. The molecule has 3 aliphatic rings. The number of aliphatic hydroxyl groups excluding tert-OH is 1. The van der Waals surface area contributed by atoms with Gasteiger partial charge in [-0.3, -0.25) is 0 Å². The molecule has 0 spiro atoms. The molecule has 1 N–H and O–H groups in total. The minimum Gasteiger partial charge on any atom is -0.414 e. The van der Waals surface area contributed by atoms with Crippen LogP contribution >= 0.6 is 0 Å². The number of hydrogen-bond acceptors (Lipinski definition) is 4. The van der Waals surface area contributed by atoms with Crippen molar-refractivity contribution < 1.29 is 14.0 Å². The molecular formula is C44H74N2O3Si2. The fourth-order valence-corrected chi connectivity index (χ4v) is 12.2. The van der Waals surface area contributed by atoms with Gasteiger partial charge in [0.15, 0.2) is 16.6 Å². The second kappa shape index (κ2) is 15.3. The molecule has 3 saturated carbocycles. The Morgan fingerprint density at radius 1 is 0.941 bits per heavy atom. The van der Waals surface area contributed by atoms with E-state index in [2.05, 4.69) is 104 Å². The Morgan fingerprint density at radius 2 is 1.55 bits per heavy atom. The van der Waals surface area contributed by atoms with E-state index in [1.807, 2.05) is 25.2 Å². The molecule has 0 amide bonds. The SMILES string of the molecule is C[C@H](CCCC(O)c1nc2ccccc2n1C)[C@H]1CC[C@H]2/C(=C/C=C3CC(O[Si](C)(C)C(C)(C)C)CC(O[Si](C)(C)C(C)(C)C)C3)CCC[C@]12C. The topological polar surface area (TPSA) is 56.5 Å². The highest BCUT2D eigenvalue weighted by Crippen LogP contribution is 2.60. The van der Waals surface area contributed by atoms with Crippen LogP contribution in [0, 0.1) is 23.2 Å². The van der Waals surface area contributed by atoms with Gasteiger partial charge in [-0.25, -0.2) is 4.98 Å². The third kappa shape index (κ3) is 8.90. The number of nitrogens with zero attached hydrogens (tertiary/aromatic N) is 2. The summed E-state index contributed by atoms with van der Waals surface area (Å²) in [4.78, 5) is 4.76. The van der Waals surface area contributed by atoms with Gasteiger partial charge in [0.1, 0.15) is 11.9 Å². The van der Waals surface area contributed by atoms with Crippen molar-refractivity contribution in [2.45, 2.75) is 181 Å². The van der Waals surface area contributed by atoms with Crippen molar-refractivity contribution in [3.8, 4) is 0 Å². The van der Waals surface area contributed by atoms with Gasteiger partial charge in [0.25, 0.3) is 0 Å². The van der Waals surface area contributed by atoms with Crippen LogP contribution in [0.15, 0.2) is 47.6 Å². The molecule has 3 fully saturated rings. The highest BCUT2D eigenvalue weighted by atomic mass is 28.4. The third-order valence-electron chi connectivity index (χ3n) is 14.6. The maximum absolute atomic E-state index is 11.1. The maximum atomic E-state index is 11.1. The van der Waals surface area contributed by atoms with Crippen LogP contribution in [-0.2, 0) is 15.9 Å². The van der Waals surface area contributed by atoms with Crippen molar-refractivity contribution in [3.63, 3.8) is 0 Å². The minimum atomic E-state index is -1.90. The quantitative estimate of drug-likeness (QED) is 0.234. The molecule has 3 unspecified atom stereocenters. The summed E-state index contributed by atoms with van der Waals surface area (Å²) in [5, 5.41) is 11.5. The molecule has 1 aromatic heterocycles. The van der Waals surface area contributed by atoms with Gasteiger partial charge in [0.05, 0.1) is 23.2 Å². The highest BCUT2D eigenvalue weighted by Gasteiger charge is 2.50. The molecule has 0 saturated heterocycles. The van der Waals surface area contributed by atoms with E-state index in [9.17, 15) is 5.11 Å². The lowest BCUT2D eigenvalue weighted by Crippen LogP contribution is -2.48. The predicted molar refractivity (Wildman–Crippen MR) is 221 cm³/mol. The van der Waals surface area contributed by atoms with Crippen molar-refractivity contribution in [2.24, 2.45) is 30.2 Å². The van der Waals surface area contributed by atoms with Crippen molar-refractivity contribution >= 4 is 27.7 Å². The average molecular weight is 735 g/mol. The Balaban J connectivity index is 1.26. The molecule has 1 aromatic carbocycles. The lowest BCUT2D eigenvalue weighted by molar-refractivity contribution is 0.0725. The third-order valence-corrected chi connectivity index (χ3v) is 23.6. The Labute approximate surface area is 314 Å². The average Bonchev–Trinajstić information content (AvgIpc) is 3.55. The van der Waals surface area contributed by atoms with E-state index >= 15 is 0 Å². The number of imidazole rings is 1. The summed E-state index contributed by atoms with van der Waals surface area (Å²) in [5.41, 5.74) is 5.63.